The normalized spacial score (nSPS) is 12.2. The summed E-state index contributed by atoms with van der Waals surface area (Å²) in [5.74, 6) is 0.611. The molecule has 3 aromatic rings. The first-order valence-electron chi connectivity index (χ1n) is 11.0. The number of benzene rings is 2. The standard InChI is InChI=1S/C26H28N2O4S2/c1-3-4-14-34(30,31)18-21(29)17-33-26-24(16-27)23(19-8-6-5-7-9-19)15-25(28-26)20-10-12-22(32-2)13-11-20/h5-13,15,21,29H,3-4,14,17-18H2,1-2H3/t21-/m1/s1. The number of hydrogen-bond donors (Lipinski definition) is 1. The number of aliphatic hydroxyl groups is 1. The topological polar surface area (TPSA) is 100 Å². The van der Waals surface area contributed by atoms with Gasteiger partial charge in [-0.2, -0.15) is 5.26 Å². The second-order valence-electron chi connectivity index (χ2n) is 7.87. The van der Waals surface area contributed by atoms with E-state index in [0.29, 0.717) is 22.7 Å². The quantitative estimate of drug-likeness (QED) is 0.374. The van der Waals surface area contributed by atoms with Crippen molar-refractivity contribution in [2.45, 2.75) is 30.9 Å². The fraction of sp³-hybridized carbons (Fsp3) is 0.308. The van der Waals surface area contributed by atoms with E-state index in [0.717, 1.165) is 28.9 Å². The van der Waals surface area contributed by atoms with Crippen LogP contribution < -0.4 is 4.74 Å². The molecule has 1 aromatic heterocycles. The van der Waals surface area contributed by atoms with E-state index in [1.165, 1.54) is 11.8 Å². The lowest BCUT2D eigenvalue weighted by molar-refractivity contribution is 0.222. The lowest BCUT2D eigenvalue weighted by Crippen LogP contribution is -2.25. The summed E-state index contributed by atoms with van der Waals surface area (Å²) >= 11 is 1.20. The van der Waals surface area contributed by atoms with Crippen LogP contribution in [0.5, 0.6) is 5.75 Å². The van der Waals surface area contributed by atoms with Crippen molar-refractivity contribution in [2.75, 3.05) is 24.4 Å². The number of aliphatic hydroxyl groups excluding tert-OH is 1. The highest BCUT2D eigenvalue weighted by molar-refractivity contribution is 7.99. The minimum Gasteiger partial charge on any atom is -0.497 e. The highest BCUT2D eigenvalue weighted by Gasteiger charge is 2.20. The first-order chi connectivity index (χ1) is 16.4. The van der Waals surface area contributed by atoms with E-state index in [1.807, 2.05) is 67.6 Å². The average molecular weight is 497 g/mol. The third-order valence-electron chi connectivity index (χ3n) is 5.24. The van der Waals surface area contributed by atoms with Gasteiger partial charge in [0.05, 0.1) is 36.0 Å². The number of aromatic nitrogens is 1. The second-order valence-corrected chi connectivity index (χ2v) is 11.1. The summed E-state index contributed by atoms with van der Waals surface area (Å²) in [5, 5.41) is 20.8. The van der Waals surface area contributed by atoms with Gasteiger partial charge in [-0.05, 0) is 42.3 Å². The van der Waals surface area contributed by atoms with Gasteiger partial charge < -0.3 is 9.84 Å². The van der Waals surface area contributed by atoms with Crippen molar-refractivity contribution in [3.8, 4) is 34.2 Å². The van der Waals surface area contributed by atoms with Crippen molar-refractivity contribution in [2.24, 2.45) is 0 Å². The first kappa shape index (κ1) is 25.8. The highest BCUT2D eigenvalue weighted by Crippen LogP contribution is 2.34. The molecule has 8 heteroatoms. The number of nitrogens with zero attached hydrogens (tertiary/aromatic N) is 2. The Bertz CT molecular complexity index is 1240. The van der Waals surface area contributed by atoms with Crippen molar-refractivity contribution in [1.29, 1.82) is 5.26 Å². The van der Waals surface area contributed by atoms with E-state index < -0.39 is 15.9 Å². The average Bonchev–Trinajstić information content (AvgIpc) is 2.86. The molecule has 0 saturated heterocycles. The Morgan fingerprint density at radius 1 is 1.12 bits per heavy atom. The molecule has 0 radical (unpaired) electrons. The van der Waals surface area contributed by atoms with Crippen molar-refractivity contribution < 1.29 is 18.3 Å². The van der Waals surface area contributed by atoms with E-state index in [-0.39, 0.29) is 17.3 Å². The zero-order chi connectivity index (χ0) is 24.6. The van der Waals surface area contributed by atoms with Crippen LogP contribution in [0.4, 0.5) is 0 Å². The molecule has 0 aliphatic carbocycles. The number of hydrogen-bond acceptors (Lipinski definition) is 7. The monoisotopic (exact) mass is 496 g/mol. The van der Waals surface area contributed by atoms with Gasteiger partial charge >= 0.3 is 0 Å². The zero-order valence-corrected chi connectivity index (χ0v) is 20.9. The molecular weight excluding hydrogens is 468 g/mol. The molecule has 0 aliphatic heterocycles. The number of methoxy groups -OCH3 is 1. The van der Waals surface area contributed by atoms with E-state index in [4.69, 9.17) is 9.72 Å². The number of sulfone groups is 1. The summed E-state index contributed by atoms with van der Waals surface area (Å²) < 4.78 is 29.7. The van der Waals surface area contributed by atoms with E-state index in [2.05, 4.69) is 6.07 Å². The van der Waals surface area contributed by atoms with E-state index in [9.17, 15) is 18.8 Å². The Morgan fingerprint density at radius 2 is 1.82 bits per heavy atom. The maximum absolute atomic E-state index is 12.2. The highest BCUT2D eigenvalue weighted by atomic mass is 32.2. The van der Waals surface area contributed by atoms with Crippen LogP contribution in [0, 0.1) is 11.3 Å². The fourth-order valence-corrected chi connectivity index (χ4v) is 6.13. The summed E-state index contributed by atoms with van der Waals surface area (Å²) in [6, 6.07) is 21.2. The molecule has 0 saturated carbocycles. The number of nitriles is 1. The van der Waals surface area contributed by atoms with Crippen LogP contribution in [-0.2, 0) is 9.84 Å². The van der Waals surface area contributed by atoms with Gasteiger partial charge in [0.25, 0.3) is 0 Å². The predicted octanol–water partition coefficient (Wildman–Crippen LogP) is 4.96. The molecule has 1 N–H and O–H groups in total. The molecule has 0 spiro atoms. The predicted molar refractivity (Wildman–Crippen MR) is 137 cm³/mol. The maximum atomic E-state index is 12.2. The van der Waals surface area contributed by atoms with Gasteiger partial charge in [0, 0.05) is 16.9 Å². The summed E-state index contributed by atoms with van der Waals surface area (Å²) in [7, 11) is -1.73. The van der Waals surface area contributed by atoms with Gasteiger partial charge in [0.2, 0.25) is 0 Å². The Labute approximate surface area is 205 Å². The molecule has 1 heterocycles. The third kappa shape index (κ3) is 6.83. The molecule has 0 fully saturated rings. The summed E-state index contributed by atoms with van der Waals surface area (Å²) in [6.07, 6.45) is 0.303. The molecular formula is C26H28N2O4S2. The SMILES string of the molecule is CCCCS(=O)(=O)C[C@H](O)CSc1nc(-c2ccc(OC)cc2)cc(-c2ccccc2)c1C#N. The second kappa shape index (κ2) is 12.0. The number of thioether (sulfide) groups is 1. The number of pyridine rings is 1. The Hall–Kier alpha value is -2.86. The van der Waals surface area contributed by atoms with E-state index in [1.54, 1.807) is 7.11 Å². The Kier molecular flexibility index (Phi) is 9.11. The molecule has 0 unspecified atom stereocenters. The molecule has 178 valence electrons. The van der Waals surface area contributed by atoms with Gasteiger partial charge in [-0.3, -0.25) is 0 Å². The van der Waals surface area contributed by atoms with Crippen LogP contribution in [0.2, 0.25) is 0 Å². The van der Waals surface area contributed by atoms with Gasteiger partial charge in [-0.15, -0.1) is 11.8 Å². The van der Waals surface area contributed by atoms with Crippen LogP contribution in [0.15, 0.2) is 65.7 Å². The third-order valence-corrected chi connectivity index (χ3v) is 8.16. The molecule has 1 atom stereocenters. The number of rotatable bonds is 11. The molecule has 0 bridgehead atoms. The van der Waals surface area contributed by atoms with Gasteiger partial charge in [-0.25, -0.2) is 13.4 Å². The number of ether oxygens (including phenoxy) is 1. The van der Waals surface area contributed by atoms with Crippen LogP contribution >= 0.6 is 11.8 Å². The molecule has 0 amide bonds. The molecule has 34 heavy (non-hydrogen) atoms. The lowest BCUT2D eigenvalue weighted by Gasteiger charge is -2.15. The van der Waals surface area contributed by atoms with Gasteiger partial charge in [-0.1, -0.05) is 43.7 Å². The first-order valence-corrected chi connectivity index (χ1v) is 13.8. The minimum atomic E-state index is -3.33. The van der Waals surface area contributed by atoms with Crippen LogP contribution in [0.1, 0.15) is 25.3 Å². The minimum absolute atomic E-state index is 0.0675. The van der Waals surface area contributed by atoms with Crippen molar-refractivity contribution >= 4 is 21.6 Å². The zero-order valence-electron chi connectivity index (χ0n) is 19.3. The molecule has 3 rings (SSSR count). The fourth-order valence-electron chi connectivity index (χ4n) is 3.45. The van der Waals surface area contributed by atoms with Crippen molar-refractivity contribution in [3.63, 3.8) is 0 Å². The van der Waals surface area contributed by atoms with Gasteiger partial charge in [0.15, 0.2) is 9.84 Å². The van der Waals surface area contributed by atoms with E-state index >= 15 is 0 Å². The summed E-state index contributed by atoms with van der Waals surface area (Å²) in [6.45, 7) is 1.93. The van der Waals surface area contributed by atoms with Crippen LogP contribution in [0.3, 0.4) is 0 Å². The number of unbranched alkanes of at least 4 members (excludes halogenated alkanes) is 1. The summed E-state index contributed by atoms with van der Waals surface area (Å²) in [5.41, 5.74) is 3.53. The largest absolute Gasteiger partial charge is 0.497 e. The molecule has 0 aliphatic rings. The summed E-state index contributed by atoms with van der Waals surface area (Å²) in [4.78, 5) is 4.71. The van der Waals surface area contributed by atoms with Gasteiger partial charge in [0.1, 0.15) is 16.8 Å². The van der Waals surface area contributed by atoms with Crippen molar-refractivity contribution in [1.82, 2.24) is 4.98 Å². The lowest BCUT2D eigenvalue weighted by atomic mass is 9.99. The Morgan fingerprint density at radius 3 is 2.44 bits per heavy atom. The van der Waals surface area contributed by atoms with Crippen LogP contribution in [0.25, 0.3) is 22.4 Å². The molecule has 2 aromatic carbocycles. The molecule has 6 nitrogen and oxygen atoms in total. The maximum Gasteiger partial charge on any atom is 0.152 e. The smallest absolute Gasteiger partial charge is 0.152 e. The van der Waals surface area contributed by atoms with Crippen LogP contribution in [-0.4, -0.2) is 49.0 Å². The Balaban J connectivity index is 1.95. The van der Waals surface area contributed by atoms with Crippen molar-refractivity contribution in [3.05, 3.63) is 66.2 Å².